The Hall–Kier alpha value is -0.0400. The molecule has 4 aromatic rings. The van der Waals surface area contributed by atoms with Crippen LogP contribution in [0.15, 0.2) is 69.6 Å². The van der Waals surface area contributed by atoms with Gasteiger partial charge in [0.15, 0.2) is 0 Å². The summed E-state index contributed by atoms with van der Waals surface area (Å²) in [4.78, 5) is 5.19. The molecule has 0 fully saturated rings. The van der Waals surface area contributed by atoms with Crippen LogP contribution in [0.2, 0.25) is 13.1 Å². The van der Waals surface area contributed by atoms with E-state index in [9.17, 15) is 0 Å². The number of thiophene rings is 2. The van der Waals surface area contributed by atoms with Crippen LogP contribution in [0.25, 0.3) is 23.3 Å². The molecule has 38 heavy (non-hydrogen) atoms. The van der Waals surface area contributed by atoms with Crippen molar-refractivity contribution in [3.8, 4) is 0 Å². The second kappa shape index (κ2) is 10.1. The van der Waals surface area contributed by atoms with Gasteiger partial charge in [-0.25, -0.2) is 0 Å². The number of allylic oxidation sites excluding steroid dienone is 2. The maximum absolute atomic E-state index is 8.54. The van der Waals surface area contributed by atoms with Gasteiger partial charge in [-0.2, -0.15) is 0 Å². The Kier molecular flexibility index (Phi) is 7.43. The van der Waals surface area contributed by atoms with Gasteiger partial charge in [0.1, 0.15) is 0 Å². The molecule has 2 atom stereocenters. The summed E-state index contributed by atoms with van der Waals surface area (Å²) in [5.74, 6) is -1.64. The van der Waals surface area contributed by atoms with Gasteiger partial charge in [0.05, 0.1) is 0 Å². The molecule has 0 saturated heterocycles. The van der Waals surface area contributed by atoms with E-state index in [1.807, 2.05) is 22.7 Å². The molecule has 2 aromatic heterocycles. The Bertz CT molecular complexity index is 1550. The zero-order chi connectivity index (χ0) is 27.0. The van der Waals surface area contributed by atoms with E-state index in [4.69, 9.17) is 17.0 Å². The SMILES string of the molecule is Cc1ccc(C2=Cc3c(Br)cccc3[CH]2[Zr]([Cl])([Cl])([CH]2C(c3ccc(C)s3)=Cc3c(Br)cccc32)[SiH](C)C)s1. The van der Waals surface area contributed by atoms with Crippen LogP contribution in [-0.4, -0.2) is 5.92 Å². The van der Waals surface area contributed by atoms with E-state index in [-0.39, 0.29) is 7.25 Å². The Labute approximate surface area is 258 Å². The Morgan fingerprint density at radius 1 is 0.684 bits per heavy atom. The first kappa shape index (κ1) is 28.1. The summed E-state index contributed by atoms with van der Waals surface area (Å²) in [5.41, 5.74) is 7.68. The van der Waals surface area contributed by atoms with E-state index >= 15 is 0 Å². The van der Waals surface area contributed by atoms with E-state index in [2.05, 4.69) is 132 Å². The molecule has 0 aliphatic heterocycles. The van der Waals surface area contributed by atoms with Gasteiger partial charge < -0.3 is 0 Å². The molecule has 2 aromatic carbocycles. The van der Waals surface area contributed by atoms with Gasteiger partial charge in [0.25, 0.3) is 0 Å². The number of halogens is 4. The second-order valence-electron chi connectivity index (χ2n) is 10.8. The summed E-state index contributed by atoms with van der Waals surface area (Å²) in [6.45, 7) is 9.17. The standard InChI is InChI=1S/2C14H10BrS.C2H7Si.2ClH.Zr/c2*1-9-5-6-14(16-9)11-7-10-3-2-4-13(15)12(10)8-11;1-3-2;;;/h2*2-8H,1H3;3H,1-2H3;2*1H;/q;;;;;+2/p-2. The predicted molar refractivity (Wildman–Crippen MR) is 178 cm³/mol. The van der Waals surface area contributed by atoms with Gasteiger partial charge in [-0.1, -0.05) is 0 Å². The maximum atomic E-state index is 8.54. The van der Waals surface area contributed by atoms with Crippen molar-refractivity contribution in [3.05, 3.63) is 111 Å². The molecular formula is C30H27Br2Cl2S2SiZr. The number of aryl methyl sites for hydroxylation is 2. The fourth-order valence-electron chi connectivity index (χ4n) is 6.36. The van der Waals surface area contributed by atoms with Crippen molar-refractivity contribution in [2.45, 2.75) is 34.2 Å². The first-order chi connectivity index (χ1) is 18.0. The summed E-state index contributed by atoms with van der Waals surface area (Å²) in [5, 5.41) is 0. The second-order valence-corrected chi connectivity index (χ2v) is 57.5. The molecule has 6 rings (SSSR count). The molecule has 2 heterocycles. The molecule has 0 saturated carbocycles. The van der Waals surface area contributed by atoms with Crippen molar-refractivity contribution >= 4 is 101 Å². The van der Waals surface area contributed by atoms with E-state index in [1.54, 1.807) is 0 Å². The van der Waals surface area contributed by atoms with Crippen molar-refractivity contribution in [1.29, 1.82) is 0 Å². The van der Waals surface area contributed by atoms with E-state index in [1.165, 1.54) is 52.9 Å². The van der Waals surface area contributed by atoms with E-state index in [0.717, 1.165) is 8.95 Å². The molecule has 0 amide bonds. The molecule has 2 aliphatic carbocycles. The number of hydrogen-bond donors (Lipinski definition) is 0. The Balaban J connectivity index is 1.68. The third-order valence-corrected chi connectivity index (χ3v) is 63.3. The quantitative estimate of drug-likeness (QED) is 0.176. The predicted octanol–water partition coefficient (Wildman–Crippen LogP) is 11.8. The van der Waals surface area contributed by atoms with Gasteiger partial charge in [-0.3, -0.25) is 0 Å². The van der Waals surface area contributed by atoms with Gasteiger partial charge in [0, 0.05) is 0 Å². The number of benzene rings is 2. The van der Waals surface area contributed by atoms with Gasteiger partial charge in [0.2, 0.25) is 0 Å². The van der Waals surface area contributed by atoms with Crippen molar-refractivity contribution in [2.24, 2.45) is 0 Å². The molecule has 0 spiro atoms. The molecule has 0 bridgehead atoms. The third kappa shape index (κ3) is 4.23. The fourth-order valence-corrected chi connectivity index (χ4v) is 39.7. The summed E-state index contributed by atoms with van der Waals surface area (Å²) in [6.07, 6.45) is 4.75. The van der Waals surface area contributed by atoms with Gasteiger partial charge in [-0.05, 0) is 0 Å². The molecule has 195 valence electrons. The molecule has 8 heteroatoms. The van der Waals surface area contributed by atoms with E-state index < -0.39 is 21.5 Å². The number of hydrogen-bond acceptors (Lipinski definition) is 2. The Morgan fingerprint density at radius 3 is 1.45 bits per heavy atom. The van der Waals surface area contributed by atoms with Crippen LogP contribution in [0.4, 0.5) is 0 Å². The summed E-state index contributed by atoms with van der Waals surface area (Å²) in [7, 11) is 17.1. The first-order valence-electron chi connectivity index (χ1n) is 12.7. The van der Waals surface area contributed by atoms with Crippen LogP contribution >= 0.6 is 71.6 Å². The van der Waals surface area contributed by atoms with Crippen LogP contribution in [0.3, 0.4) is 0 Å². The Morgan fingerprint density at radius 2 is 1.11 bits per heavy atom. The van der Waals surface area contributed by atoms with Crippen LogP contribution in [-0.2, 0) is 15.6 Å². The van der Waals surface area contributed by atoms with Crippen molar-refractivity contribution < 1.29 is 15.6 Å². The molecule has 0 nitrogen and oxygen atoms in total. The van der Waals surface area contributed by atoms with Crippen LogP contribution < -0.4 is 0 Å². The number of fused-ring (bicyclic) bond motifs is 2. The molecule has 2 aliphatic rings. The molecule has 0 radical (unpaired) electrons. The molecule has 2 unspecified atom stereocenters. The first-order valence-corrected chi connectivity index (χ1v) is 32.2. The van der Waals surface area contributed by atoms with Crippen LogP contribution in [0.5, 0.6) is 0 Å². The fraction of sp³-hybridized carbons (Fsp3) is 0.200. The zero-order valence-electron chi connectivity index (χ0n) is 21.5. The normalized spacial score (nSPS) is 19.7. The van der Waals surface area contributed by atoms with Crippen molar-refractivity contribution in [2.75, 3.05) is 0 Å². The molecular weight excluding hydrogens is 774 g/mol. The van der Waals surface area contributed by atoms with Crippen LogP contribution in [0, 0.1) is 13.8 Å². The van der Waals surface area contributed by atoms with Crippen LogP contribution in [0.1, 0.15) is 49.0 Å². The monoisotopic (exact) mass is 797 g/mol. The zero-order valence-corrected chi connectivity index (χ0v) is 31.4. The average molecular weight is 802 g/mol. The summed E-state index contributed by atoms with van der Waals surface area (Å²) >= 11 is 6.57. The molecule has 0 N–H and O–H groups in total. The van der Waals surface area contributed by atoms with Gasteiger partial charge in [-0.15, -0.1) is 0 Å². The minimum atomic E-state index is -4.86. The van der Waals surface area contributed by atoms with E-state index in [0.29, 0.717) is 0 Å². The number of rotatable bonds is 5. The van der Waals surface area contributed by atoms with Gasteiger partial charge >= 0.3 is 262 Å². The summed E-state index contributed by atoms with van der Waals surface area (Å²) < 4.78 is 2.27. The topological polar surface area (TPSA) is 0 Å². The third-order valence-electron chi connectivity index (χ3n) is 8.27. The van der Waals surface area contributed by atoms with Crippen molar-refractivity contribution in [1.82, 2.24) is 0 Å². The van der Waals surface area contributed by atoms with Crippen molar-refractivity contribution in [3.63, 3.8) is 0 Å². The summed E-state index contributed by atoms with van der Waals surface area (Å²) in [6, 6.07) is 22.1. The minimum absolute atomic E-state index is 0.0244. The average Bonchev–Trinajstić information content (AvgIpc) is 3.63.